The predicted molar refractivity (Wildman–Crippen MR) is 111 cm³/mol. The molecule has 142 valence electrons. The van der Waals surface area contributed by atoms with Gasteiger partial charge in [0.15, 0.2) is 0 Å². The van der Waals surface area contributed by atoms with Gasteiger partial charge in [-0.05, 0) is 42.0 Å². The number of fused-ring (bicyclic) bond motifs is 1. The molecule has 0 saturated carbocycles. The topological polar surface area (TPSA) is 51.5 Å². The zero-order valence-electron chi connectivity index (χ0n) is 15.5. The van der Waals surface area contributed by atoms with Gasteiger partial charge in [0.1, 0.15) is 18.2 Å². The molecular formula is C24H17FN2O2. The van der Waals surface area contributed by atoms with Crippen LogP contribution >= 0.6 is 0 Å². The Balaban J connectivity index is 1.45. The third-order valence-corrected chi connectivity index (χ3v) is 4.39. The summed E-state index contributed by atoms with van der Waals surface area (Å²) in [7, 11) is 0. The molecule has 0 N–H and O–H groups in total. The number of carbonyl (C=O) groups is 1. The lowest BCUT2D eigenvalue weighted by atomic mass is 10.1. The number of amides is 1. The van der Waals surface area contributed by atoms with Crippen LogP contribution in [0, 0.1) is 5.82 Å². The van der Waals surface area contributed by atoms with Crippen LogP contribution in [0.2, 0.25) is 0 Å². The molecule has 1 heterocycles. The highest BCUT2D eigenvalue weighted by molar-refractivity contribution is 6.03. The minimum absolute atomic E-state index is 0.216. The van der Waals surface area contributed by atoms with Crippen LogP contribution in [-0.2, 0) is 6.61 Å². The lowest BCUT2D eigenvalue weighted by molar-refractivity contribution is 0.100. The molecule has 0 unspecified atom stereocenters. The highest BCUT2D eigenvalue weighted by atomic mass is 19.1. The number of halogens is 1. The number of pyridine rings is 1. The molecule has 4 rings (SSSR count). The first-order valence-electron chi connectivity index (χ1n) is 9.08. The van der Waals surface area contributed by atoms with Gasteiger partial charge < -0.3 is 4.74 Å². The summed E-state index contributed by atoms with van der Waals surface area (Å²) >= 11 is 0. The molecule has 0 bridgehead atoms. The van der Waals surface area contributed by atoms with Crippen LogP contribution in [0.1, 0.15) is 21.5 Å². The Bertz CT molecular complexity index is 1190. The van der Waals surface area contributed by atoms with Crippen molar-refractivity contribution in [1.29, 1.82) is 0 Å². The maximum atomic E-state index is 14.3. The fraction of sp³-hybridized carbons (Fsp3) is 0.0417. The summed E-state index contributed by atoms with van der Waals surface area (Å²) in [5.41, 5.74) is 2.43. The summed E-state index contributed by atoms with van der Waals surface area (Å²) in [6, 6.07) is 22.9. The van der Waals surface area contributed by atoms with E-state index in [1.165, 1.54) is 18.3 Å². The van der Waals surface area contributed by atoms with Crippen molar-refractivity contribution in [1.82, 2.24) is 4.98 Å². The number of aromatic nitrogens is 1. The van der Waals surface area contributed by atoms with Gasteiger partial charge in [0.25, 0.3) is 5.91 Å². The van der Waals surface area contributed by atoms with E-state index in [1.54, 1.807) is 36.5 Å². The zero-order chi connectivity index (χ0) is 20.1. The monoisotopic (exact) mass is 384 g/mol. The van der Waals surface area contributed by atoms with Crippen molar-refractivity contribution >= 4 is 23.0 Å². The molecular weight excluding hydrogens is 367 g/mol. The second-order valence-corrected chi connectivity index (χ2v) is 6.43. The number of rotatable bonds is 5. The van der Waals surface area contributed by atoms with E-state index in [4.69, 9.17) is 4.74 Å². The quantitative estimate of drug-likeness (QED) is 0.444. The van der Waals surface area contributed by atoms with Crippen molar-refractivity contribution in [3.63, 3.8) is 0 Å². The molecule has 0 saturated heterocycles. The van der Waals surface area contributed by atoms with E-state index in [9.17, 15) is 9.18 Å². The Morgan fingerprint density at radius 2 is 1.86 bits per heavy atom. The van der Waals surface area contributed by atoms with Crippen molar-refractivity contribution in [3.8, 4) is 5.75 Å². The first-order chi connectivity index (χ1) is 14.2. The van der Waals surface area contributed by atoms with Crippen LogP contribution in [0.3, 0.4) is 0 Å². The molecule has 0 radical (unpaired) electrons. The SMILES string of the molecule is O=C(/N=C/c1ccc(OCc2ccccc2)cc1F)c1ccc2ncccc2c1. The van der Waals surface area contributed by atoms with Crippen LogP contribution in [0.5, 0.6) is 5.75 Å². The maximum Gasteiger partial charge on any atom is 0.276 e. The summed E-state index contributed by atoms with van der Waals surface area (Å²) < 4.78 is 20.0. The van der Waals surface area contributed by atoms with Gasteiger partial charge in [-0.3, -0.25) is 9.78 Å². The number of carbonyl (C=O) groups excluding carboxylic acids is 1. The lowest BCUT2D eigenvalue weighted by Gasteiger charge is -2.07. The van der Waals surface area contributed by atoms with Crippen LogP contribution in [0.15, 0.2) is 90.1 Å². The number of ether oxygens (including phenoxy) is 1. The largest absolute Gasteiger partial charge is 0.489 e. The summed E-state index contributed by atoms with van der Waals surface area (Å²) in [5.74, 6) is -0.536. The van der Waals surface area contributed by atoms with Gasteiger partial charge in [-0.2, -0.15) is 0 Å². The Labute approximate surface area is 167 Å². The predicted octanol–water partition coefficient (Wildman–Crippen LogP) is 5.21. The Hall–Kier alpha value is -3.86. The maximum absolute atomic E-state index is 14.3. The average Bonchev–Trinajstić information content (AvgIpc) is 2.77. The molecule has 0 aliphatic carbocycles. The van der Waals surface area contributed by atoms with Gasteiger partial charge in [0.2, 0.25) is 0 Å². The Morgan fingerprint density at radius 1 is 1.00 bits per heavy atom. The molecule has 5 heteroatoms. The highest BCUT2D eigenvalue weighted by Crippen LogP contribution is 2.18. The smallest absolute Gasteiger partial charge is 0.276 e. The third-order valence-electron chi connectivity index (χ3n) is 4.39. The number of benzene rings is 3. The molecule has 1 aromatic heterocycles. The average molecular weight is 384 g/mol. The van der Waals surface area contributed by atoms with Gasteiger partial charge in [0.05, 0.1) is 5.52 Å². The van der Waals surface area contributed by atoms with Crippen LogP contribution in [0.25, 0.3) is 10.9 Å². The van der Waals surface area contributed by atoms with E-state index in [0.29, 0.717) is 17.9 Å². The number of aliphatic imine (C=N–C) groups is 1. The molecule has 0 atom stereocenters. The first-order valence-corrected chi connectivity index (χ1v) is 9.08. The van der Waals surface area contributed by atoms with Crippen molar-refractivity contribution in [2.45, 2.75) is 6.61 Å². The summed E-state index contributed by atoms with van der Waals surface area (Å²) in [6.07, 6.45) is 2.92. The van der Waals surface area contributed by atoms with Gasteiger partial charge in [-0.25, -0.2) is 9.38 Å². The number of nitrogens with zero attached hydrogens (tertiary/aromatic N) is 2. The van der Waals surface area contributed by atoms with Gasteiger partial charge in [-0.1, -0.05) is 36.4 Å². The first kappa shape index (κ1) is 18.5. The normalized spacial score (nSPS) is 11.1. The van der Waals surface area contributed by atoms with Crippen molar-refractivity contribution in [2.24, 2.45) is 4.99 Å². The Morgan fingerprint density at radius 3 is 2.69 bits per heavy atom. The van der Waals surface area contributed by atoms with E-state index in [0.717, 1.165) is 16.5 Å². The van der Waals surface area contributed by atoms with Crippen molar-refractivity contribution < 1.29 is 13.9 Å². The number of hydrogen-bond donors (Lipinski definition) is 0. The van der Waals surface area contributed by atoms with Gasteiger partial charge in [0, 0.05) is 35.0 Å². The number of hydrogen-bond acceptors (Lipinski definition) is 3. The van der Waals surface area contributed by atoms with E-state index in [1.807, 2.05) is 36.4 Å². The zero-order valence-corrected chi connectivity index (χ0v) is 15.5. The minimum Gasteiger partial charge on any atom is -0.489 e. The fourth-order valence-corrected chi connectivity index (χ4v) is 2.85. The van der Waals surface area contributed by atoms with Crippen molar-refractivity contribution in [3.05, 3.63) is 108 Å². The molecule has 0 aliphatic heterocycles. The molecule has 1 amide bonds. The molecule has 0 fully saturated rings. The van der Waals surface area contributed by atoms with Crippen LogP contribution < -0.4 is 4.74 Å². The fourth-order valence-electron chi connectivity index (χ4n) is 2.85. The highest BCUT2D eigenvalue weighted by Gasteiger charge is 2.07. The molecule has 0 aliphatic rings. The molecule has 3 aromatic carbocycles. The van der Waals surface area contributed by atoms with E-state index >= 15 is 0 Å². The molecule has 4 aromatic rings. The molecule has 0 spiro atoms. The second kappa shape index (κ2) is 8.44. The van der Waals surface area contributed by atoms with Gasteiger partial charge >= 0.3 is 0 Å². The van der Waals surface area contributed by atoms with Crippen LogP contribution in [-0.4, -0.2) is 17.1 Å². The van der Waals surface area contributed by atoms with E-state index in [2.05, 4.69) is 9.98 Å². The van der Waals surface area contributed by atoms with E-state index in [-0.39, 0.29) is 5.56 Å². The Kier molecular flexibility index (Phi) is 5.38. The lowest BCUT2D eigenvalue weighted by Crippen LogP contribution is -1.99. The minimum atomic E-state index is -0.505. The summed E-state index contributed by atoms with van der Waals surface area (Å²) in [6.45, 7) is 0.350. The van der Waals surface area contributed by atoms with E-state index < -0.39 is 11.7 Å². The van der Waals surface area contributed by atoms with Crippen LogP contribution in [0.4, 0.5) is 4.39 Å². The third kappa shape index (κ3) is 4.52. The summed E-state index contributed by atoms with van der Waals surface area (Å²) in [4.78, 5) is 20.4. The van der Waals surface area contributed by atoms with Gasteiger partial charge in [-0.15, -0.1) is 0 Å². The summed E-state index contributed by atoms with van der Waals surface area (Å²) in [5, 5.41) is 0.847. The molecule has 29 heavy (non-hydrogen) atoms. The van der Waals surface area contributed by atoms with Crippen molar-refractivity contribution in [2.75, 3.05) is 0 Å². The molecule has 4 nitrogen and oxygen atoms in total. The standard InChI is InChI=1S/C24H17FN2O2/c25-22-14-21(29-16-17-5-2-1-3-6-17)10-8-20(22)15-27-24(28)19-9-11-23-18(13-19)7-4-12-26-23/h1-15H,16H2/b27-15+. The second-order valence-electron chi connectivity index (χ2n) is 6.43.